The molecule has 31 heteroatoms. The third-order valence-electron chi connectivity index (χ3n) is 4.74. The van der Waals surface area contributed by atoms with Crippen molar-refractivity contribution in [2.45, 2.75) is 77.2 Å². The lowest BCUT2D eigenvalue weighted by atomic mass is 9.86. The van der Waals surface area contributed by atoms with Gasteiger partial charge >= 0.3 is 87.3 Å². The minimum atomic E-state index is -9.73. The molecule has 0 aromatic carbocycles. The highest BCUT2D eigenvalue weighted by molar-refractivity contribution is 7.86. The standard InChI is InChI=1S/C13H2F26O4S/c14-1(15)2(16,17)3(18,19)4(20,21)5(22,23)6(24,25)7(26,27)8(28,29)9(30,31)10(32,33)11(34,35)43-12(36,37)13(38,39)44(40,41)42/h1H,(H,40,41,42). The molecule has 0 spiro atoms. The summed E-state index contributed by atoms with van der Waals surface area (Å²) < 4.78 is 371. The molecule has 0 aromatic heterocycles. The lowest BCUT2D eigenvalue weighted by molar-refractivity contribution is -0.507. The molecule has 0 heterocycles. The van der Waals surface area contributed by atoms with Crippen LogP contribution in [0.15, 0.2) is 0 Å². The van der Waals surface area contributed by atoms with Crippen molar-refractivity contribution >= 4 is 10.1 Å². The van der Waals surface area contributed by atoms with E-state index in [1.165, 1.54) is 0 Å². The molecule has 0 radical (unpaired) electrons. The summed E-state index contributed by atoms with van der Waals surface area (Å²) in [5.41, 5.74) is 0. The fourth-order valence-electron chi connectivity index (χ4n) is 2.15. The van der Waals surface area contributed by atoms with Gasteiger partial charge in [0.2, 0.25) is 0 Å². The zero-order valence-corrected chi connectivity index (χ0v) is 19.3. The summed E-state index contributed by atoms with van der Waals surface area (Å²) >= 11 is 0. The predicted octanol–water partition coefficient (Wildman–Crippen LogP) is 7.65. The first-order valence-electron chi connectivity index (χ1n) is 8.89. The molecule has 0 fully saturated rings. The van der Waals surface area contributed by atoms with E-state index < -0.39 is 87.3 Å². The molecule has 44 heavy (non-hydrogen) atoms. The molecule has 4 nitrogen and oxygen atoms in total. The van der Waals surface area contributed by atoms with Crippen LogP contribution in [0.5, 0.6) is 0 Å². The first kappa shape index (κ1) is 42.0. The summed E-state index contributed by atoms with van der Waals surface area (Å²) in [7, 11) is -7.90. The third kappa shape index (κ3) is 5.14. The Labute approximate surface area is 220 Å². The zero-order valence-electron chi connectivity index (χ0n) is 18.5. The van der Waals surface area contributed by atoms with Gasteiger partial charge in [-0.25, -0.2) is 13.5 Å². The van der Waals surface area contributed by atoms with Crippen LogP contribution < -0.4 is 0 Å². The van der Waals surface area contributed by atoms with Crippen molar-refractivity contribution in [2.24, 2.45) is 0 Å². The number of halogens is 26. The molecule has 0 aliphatic heterocycles. The Bertz CT molecular complexity index is 1170. The topological polar surface area (TPSA) is 63.6 Å². The summed E-state index contributed by atoms with van der Waals surface area (Å²) in [4.78, 5) is 0. The van der Waals surface area contributed by atoms with Gasteiger partial charge in [0, 0.05) is 0 Å². The van der Waals surface area contributed by atoms with Gasteiger partial charge in [0.25, 0.3) is 0 Å². The number of hydrogen-bond donors (Lipinski definition) is 1. The van der Waals surface area contributed by atoms with Gasteiger partial charge in [-0.15, -0.1) is 0 Å². The monoisotopic (exact) mass is 748 g/mol. The molecule has 0 rings (SSSR count). The van der Waals surface area contributed by atoms with Crippen LogP contribution in [0.25, 0.3) is 0 Å². The van der Waals surface area contributed by atoms with Crippen LogP contribution in [0.2, 0.25) is 0 Å². The van der Waals surface area contributed by atoms with E-state index in [1.54, 1.807) is 0 Å². The van der Waals surface area contributed by atoms with Crippen LogP contribution in [-0.2, 0) is 14.9 Å². The van der Waals surface area contributed by atoms with E-state index in [0.29, 0.717) is 0 Å². The molecular weight excluding hydrogens is 746 g/mol. The van der Waals surface area contributed by atoms with Crippen molar-refractivity contribution in [1.29, 1.82) is 0 Å². The summed E-state index contributed by atoms with van der Waals surface area (Å²) in [6.45, 7) is 0. The van der Waals surface area contributed by atoms with Gasteiger partial charge in [-0.2, -0.15) is 114 Å². The molecule has 0 aliphatic carbocycles. The van der Waals surface area contributed by atoms with Gasteiger partial charge in [0.1, 0.15) is 0 Å². The molecular formula is C13H2F26O4S. The van der Waals surface area contributed by atoms with E-state index in [0.717, 1.165) is 4.74 Å². The highest BCUT2D eigenvalue weighted by Gasteiger charge is 2.98. The van der Waals surface area contributed by atoms with E-state index in [1.807, 2.05) is 0 Å². The minimum absolute atomic E-state index is 0.914. The van der Waals surface area contributed by atoms with E-state index in [9.17, 15) is 123 Å². The molecule has 0 atom stereocenters. The first-order valence-corrected chi connectivity index (χ1v) is 10.3. The average molecular weight is 748 g/mol. The Morgan fingerprint density at radius 3 is 0.864 bits per heavy atom. The fourth-order valence-corrected chi connectivity index (χ4v) is 2.49. The van der Waals surface area contributed by atoms with Crippen molar-refractivity contribution in [3.8, 4) is 0 Å². The normalized spacial score (nSPS) is 17.0. The summed E-state index contributed by atoms with van der Waals surface area (Å²) in [5.74, 6) is -83.5. The minimum Gasteiger partial charge on any atom is -0.281 e. The van der Waals surface area contributed by atoms with E-state index in [2.05, 4.69) is 0 Å². The van der Waals surface area contributed by atoms with Crippen LogP contribution in [0.4, 0.5) is 114 Å². The van der Waals surface area contributed by atoms with Crippen LogP contribution in [0.1, 0.15) is 0 Å². The maximum absolute atomic E-state index is 13.6. The lowest BCUT2D eigenvalue weighted by Gasteiger charge is -2.45. The predicted molar refractivity (Wildman–Crippen MR) is 78.0 cm³/mol. The summed E-state index contributed by atoms with van der Waals surface area (Å²) in [5, 5.41) is -7.71. The van der Waals surface area contributed by atoms with Crippen LogP contribution in [0, 0.1) is 0 Å². The molecule has 0 saturated heterocycles. The zero-order chi connectivity index (χ0) is 36.8. The molecule has 0 aromatic rings. The van der Waals surface area contributed by atoms with Crippen molar-refractivity contribution < 1.29 is 132 Å². The first-order chi connectivity index (χ1) is 18.4. The Morgan fingerprint density at radius 1 is 0.409 bits per heavy atom. The molecule has 0 amide bonds. The molecule has 0 aliphatic rings. The maximum atomic E-state index is 13.6. The van der Waals surface area contributed by atoms with E-state index in [4.69, 9.17) is 4.55 Å². The van der Waals surface area contributed by atoms with Gasteiger partial charge in [-0.1, -0.05) is 0 Å². The Balaban J connectivity index is 7.28. The van der Waals surface area contributed by atoms with Crippen LogP contribution in [-0.4, -0.2) is 90.2 Å². The second kappa shape index (κ2) is 10.3. The largest absolute Gasteiger partial charge is 0.460 e. The van der Waals surface area contributed by atoms with Crippen molar-refractivity contribution in [1.82, 2.24) is 0 Å². The molecule has 0 unspecified atom stereocenters. The third-order valence-corrected chi connectivity index (χ3v) is 5.62. The van der Waals surface area contributed by atoms with Gasteiger partial charge in [-0.3, -0.25) is 4.55 Å². The summed E-state index contributed by atoms with van der Waals surface area (Å²) in [6.07, 6.45) is -23.2. The van der Waals surface area contributed by atoms with Crippen LogP contribution >= 0.6 is 0 Å². The van der Waals surface area contributed by atoms with Gasteiger partial charge < -0.3 is 0 Å². The number of ether oxygens (including phenoxy) is 1. The number of alkyl halides is 26. The van der Waals surface area contributed by atoms with Crippen molar-refractivity contribution in [2.75, 3.05) is 0 Å². The molecule has 1 N–H and O–H groups in total. The van der Waals surface area contributed by atoms with Crippen molar-refractivity contribution in [3.63, 3.8) is 0 Å². The van der Waals surface area contributed by atoms with Gasteiger partial charge in [0.15, 0.2) is 0 Å². The fraction of sp³-hybridized carbons (Fsp3) is 1.00. The molecule has 266 valence electrons. The second-order valence-electron chi connectivity index (χ2n) is 7.65. The highest BCUT2D eigenvalue weighted by Crippen LogP contribution is 2.66. The maximum Gasteiger partial charge on any atom is 0.460 e. The van der Waals surface area contributed by atoms with Gasteiger partial charge in [0.05, 0.1) is 0 Å². The number of rotatable bonds is 14. The summed E-state index contributed by atoms with van der Waals surface area (Å²) in [6, 6.07) is 0. The lowest BCUT2D eigenvalue weighted by Crippen LogP contribution is -2.77. The Hall–Kier alpha value is -1.95. The smallest absolute Gasteiger partial charge is 0.281 e. The quantitative estimate of drug-likeness (QED) is 0.147. The SMILES string of the molecule is O=S(=O)(O)C(F)(F)C(F)(F)OC(F)(F)C(F)(F)C(F)(F)C(F)(F)C(F)(F)C(F)(F)C(F)(F)C(F)(F)C(F)(F)C(F)(F)C(F)F. The van der Waals surface area contributed by atoms with E-state index in [-0.39, 0.29) is 0 Å². The van der Waals surface area contributed by atoms with Gasteiger partial charge in [-0.05, 0) is 0 Å². The van der Waals surface area contributed by atoms with Crippen molar-refractivity contribution in [3.05, 3.63) is 0 Å². The van der Waals surface area contributed by atoms with E-state index >= 15 is 0 Å². The molecule has 0 saturated carbocycles. The highest BCUT2D eigenvalue weighted by atomic mass is 32.2. The Kier molecular flexibility index (Phi) is 9.82. The second-order valence-corrected chi connectivity index (χ2v) is 9.11. The van der Waals surface area contributed by atoms with Crippen LogP contribution in [0.3, 0.4) is 0 Å². The average Bonchev–Trinajstić information content (AvgIpc) is 2.75. The molecule has 0 bridgehead atoms. The Morgan fingerprint density at radius 2 is 0.636 bits per heavy atom. The number of hydrogen-bond acceptors (Lipinski definition) is 3.